The largest absolute Gasteiger partial charge is 0.480 e. The van der Waals surface area contributed by atoms with E-state index >= 15 is 0 Å². The quantitative estimate of drug-likeness (QED) is 0.656. The fourth-order valence-electron chi connectivity index (χ4n) is 2.06. The summed E-state index contributed by atoms with van der Waals surface area (Å²) in [7, 11) is 0. The van der Waals surface area contributed by atoms with Gasteiger partial charge in [-0.1, -0.05) is 0 Å². The fourth-order valence-corrected chi connectivity index (χ4v) is 2.06. The van der Waals surface area contributed by atoms with Gasteiger partial charge in [0, 0.05) is 19.1 Å². The molecule has 106 valence electrons. The monoisotopic (exact) mass is 268 g/mol. The summed E-state index contributed by atoms with van der Waals surface area (Å²) in [5, 5.41) is 14.0. The summed E-state index contributed by atoms with van der Waals surface area (Å²) < 4.78 is 5.54. The van der Waals surface area contributed by atoms with Crippen LogP contribution in [0.3, 0.4) is 0 Å². The molecule has 1 heterocycles. The zero-order valence-electron chi connectivity index (χ0n) is 11.2. The van der Waals surface area contributed by atoms with E-state index < -0.39 is 18.0 Å². The lowest BCUT2D eigenvalue weighted by molar-refractivity contribution is -0.139. The summed E-state index contributed by atoms with van der Waals surface area (Å²) in [6, 6.07) is -1.59. The van der Waals surface area contributed by atoms with Crippen LogP contribution in [0.25, 0.3) is 0 Å². The lowest BCUT2D eigenvalue weighted by atomic mass is 9.94. The molecule has 0 aromatic rings. The van der Waals surface area contributed by atoms with Gasteiger partial charge in [-0.25, -0.2) is 9.59 Å². The van der Waals surface area contributed by atoms with Crippen molar-refractivity contribution in [1.29, 1.82) is 0 Å². The van der Waals surface area contributed by atoms with Crippen LogP contribution < -0.4 is 10.6 Å². The smallest absolute Gasteiger partial charge is 0.327 e. The average Bonchev–Trinajstić information content (AvgIpc) is 2.26. The Balaban J connectivity index is 2.46. The molecule has 0 aromatic heterocycles. The Morgan fingerprint density at radius 1 is 1.58 bits per heavy atom. The molecule has 6 heteroatoms. The average molecular weight is 268 g/mol. The number of nitrogens with one attached hydrogen (secondary N) is 2. The highest BCUT2D eigenvalue weighted by Gasteiger charge is 2.30. The minimum atomic E-state index is -1.14. The standard InChI is InChI=1S/C13H20N2O4/c1-4-5-10(11(16)17)15-12(18)14-9-6-7-19-13(2,3)8-9/h1,9-10H,5-8H2,2-3H3,(H,16,17)(H2,14,15,18). The molecule has 0 aromatic carbocycles. The van der Waals surface area contributed by atoms with Gasteiger partial charge in [0.15, 0.2) is 0 Å². The molecule has 1 fully saturated rings. The summed E-state index contributed by atoms with van der Waals surface area (Å²) in [6.45, 7) is 4.49. The lowest BCUT2D eigenvalue weighted by Gasteiger charge is -2.35. The van der Waals surface area contributed by atoms with Gasteiger partial charge in [-0.3, -0.25) is 0 Å². The third kappa shape index (κ3) is 5.18. The van der Waals surface area contributed by atoms with E-state index in [0.717, 1.165) is 0 Å². The first-order valence-electron chi connectivity index (χ1n) is 6.21. The molecule has 0 aliphatic carbocycles. The number of urea groups is 1. The summed E-state index contributed by atoms with van der Waals surface area (Å²) >= 11 is 0. The number of carboxylic acids is 1. The third-order valence-corrected chi connectivity index (χ3v) is 2.96. The van der Waals surface area contributed by atoms with Gasteiger partial charge in [-0.15, -0.1) is 12.3 Å². The number of rotatable bonds is 4. The second-order valence-corrected chi connectivity index (χ2v) is 5.21. The highest BCUT2D eigenvalue weighted by Crippen LogP contribution is 2.23. The van der Waals surface area contributed by atoms with Crippen molar-refractivity contribution in [2.45, 2.75) is 50.8 Å². The predicted octanol–water partition coefficient (Wildman–Crippen LogP) is 0.720. The number of carboxylic acid groups (broad SMARTS) is 1. The second kappa shape index (κ2) is 6.43. The molecule has 2 atom stereocenters. The number of hydrogen-bond donors (Lipinski definition) is 3. The minimum Gasteiger partial charge on any atom is -0.480 e. The van der Waals surface area contributed by atoms with Crippen molar-refractivity contribution < 1.29 is 19.4 Å². The molecule has 1 rings (SSSR count). The molecule has 19 heavy (non-hydrogen) atoms. The minimum absolute atomic E-state index is 0.0240. The van der Waals surface area contributed by atoms with E-state index in [-0.39, 0.29) is 18.1 Å². The first-order chi connectivity index (χ1) is 8.84. The molecule has 1 aliphatic heterocycles. The Morgan fingerprint density at radius 2 is 2.26 bits per heavy atom. The van der Waals surface area contributed by atoms with E-state index in [9.17, 15) is 9.59 Å². The second-order valence-electron chi connectivity index (χ2n) is 5.21. The number of aliphatic carboxylic acids is 1. The van der Waals surface area contributed by atoms with E-state index in [0.29, 0.717) is 19.4 Å². The van der Waals surface area contributed by atoms with Gasteiger partial charge >= 0.3 is 12.0 Å². The van der Waals surface area contributed by atoms with E-state index in [1.54, 1.807) is 0 Å². The van der Waals surface area contributed by atoms with Gasteiger partial charge in [0.1, 0.15) is 6.04 Å². The van der Waals surface area contributed by atoms with Crippen molar-refractivity contribution in [3.05, 3.63) is 0 Å². The van der Waals surface area contributed by atoms with Gasteiger partial charge in [0.05, 0.1) is 5.60 Å². The zero-order valence-corrected chi connectivity index (χ0v) is 11.2. The van der Waals surface area contributed by atoms with Crippen LogP contribution in [0.5, 0.6) is 0 Å². The SMILES string of the molecule is C#CCC(NC(=O)NC1CCOC(C)(C)C1)C(=O)O. The highest BCUT2D eigenvalue weighted by molar-refractivity contribution is 5.82. The molecule has 2 unspecified atom stereocenters. The molecular weight excluding hydrogens is 248 g/mol. The van der Waals surface area contributed by atoms with Crippen LogP contribution in [0, 0.1) is 12.3 Å². The van der Waals surface area contributed by atoms with Gasteiger partial charge in [0.25, 0.3) is 0 Å². The summed E-state index contributed by atoms with van der Waals surface area (Å²) in [4.78, 5) is 22.6. The van der Waals surface area contributed by atoms with Crippen molar-refractivity contribution in [3.63, 3.8) is 0 Å². The zero-order chi connectivity index (χ0) is 14.5. The fraction of sp³-hybridized carbons (Fsp3) is 0.692. The van der Waals surface area contributed by atoms with Crippen molar-refractivity contribution in [3.8, 4) is 12.3 Å². The normalized spacial score (nSPS) is 22.9. The van der Waals surface area contributed by atoms with Gasteiger partial charge < -0.3 is 20.5 Å². The van der Waals surface area contributed by atoms with Crippen LogP contribution in [0.1, 0.15) is 33.1 Å². The van der Waals surface area contributed by atoms with Crippen LogP contribution in [0.4, 0.5) is 4.79 Å². The van der Waals surface area contributed by atoms with Gasteiger partial charge in [-0.05, 0) is 26.7 Å². The van der Waals surface area contributed by atoms with E-state index in [1.165, 1.54) is 0 Å². The van der Waals surface area contributed by atoms with Crippen LogP contribution >= 0.6 is 0 Å². The Morgan fingerprint density at radius 3 is 2.79 bits per heavy atom. The van der Waals surface area contributed by atoms with Gasteiger partial charge in [0.2, 0.25) is 0 Å². The Kier molecular flexibility index (Phi) is 5.19. The molecule has 1 aliphatic rings. The number of carbonyl (C=O) groups excluding carboxylic acids is 1. The molecule has 3 N–H and O–H groups in total. The maximum atomic E-state index is 11.7. The molecule has 1 saturated heterocycles. The number of amides is 2. The third-order valence-electron chi connectivity index (χ3n) is 2.96. The molecule has 0 saturated carbocycles. The predicted molar refractivity (Wildman–Crippen MR) is 69.6 cm³/mol. The van der Waals surface area contributed by atoms with Crippen molar-refractivity contribution >= 4 is 12.0 Å². The molecule has 0 bridgehead atoms. The number of ether oxygens (including phenoxy) is 1. The lowest BCUT2D eigenvalue weighted by Crippen LogP contribution is -2.52. The number of carbonyl (C=O) groups is 2. The molecule has 0 radical (unpaired) electrons. The topological polar surface area (TPSA) is 87.7 Å². The van der Waals surface area contributed by atoms with Gasteiger partial charge in [-0.2, -0.15) is 0 Å². The maximum absolute atomic E-state index is 11.7. The number of terminal acetylenes is 1. The molecular formula is C13H20N2O4. The van der Waals surface area contributed by atoms with E-state index in [1.807, 2.05) is 13.8 Å². The molecule has 2 amide bonds. The van der Waals surface area contributed by atoms with Crippen molar-refractivity contribution in [2.75, 3.05) is 6.61 Å². The Hall–Kier alpha value is -1.74. The van der Waals surface area contributed by atoms with E-state index in [4.69, 9.17) is 16.3 Å². The van der Waals surface area contributed by atoms with Crippen LogP contribution in [0.15, 0.2) is 0 Å². The molecule has 6 nitrogen and oxygen atoms in total. The first kappa shape index (κ1) is 15.3. The summed E-state index contributed by atoms with van der Waals surface area (Å²) in [6.07, 6.45) is 6.42. The van der Waals surface area contributed by atoms with Crippen LogP contribution in [-0.2, 0) is 9.53 Å². The summed E-state index contributed by atoms with van der Waals surface area (Å²) in [5.74, 6) is 1.09. The Labute approximate surface area is 112 Å². The summed E-state index contributed by atoms with van der Waals surface area (Å²) in [5.41, 5.74) is -0.277. The first-order valence-corrected chi connectivity index (χ1v) is 6.21. The van der Waals surface area contributed by atoms with Crippen molar-refractivity contribution in [2.24, 2.45) is 0 Å². The van der Waals surface area contributed by atoms with Crippen LogP contribution in [-0.4, -0.2) is 41.4 Å². The molecule has 0 spiro atoms. The van der Waals surface area contributed by atoms with E-state index in [2.05, 4.69) is 16.6 Å². The maximum Gasteiger partial charge on any atom is 0.327 e. The van der Waals surface area contributed by atoms with Crippen molar-refractivity contribution in [1.82, 2.24) is 10.6 Å². The Bertz CT molecular complexity index is 387. The highest BCUT2D eigenvalue weighted by atomic mass is 16.5. The number of hydrogen-bond acceptors (Lipinski definition) is 3. The van der Waals surface area contributed by atoms with Crippen LogP contribution in [0.2, 0.25) is 0 Å².